The van der Waals surface area contributed by atoms with Gasteiger partial charge in [-0.05, 0) is 26.1 Å². The van der Waals surface area contributed by atoms with Crippen LogP contribution in [0.3, 0.4) is 0 Å². The summed E-state index contributed by atoms with van der Waals surface area (Å²) in [4.78, 5) is 2.15. The molecule has 0 aliphatic carbocycles. The van der Waals surface area contributed by atoms with Crippen LogP contribution in [0, 0.1) is 6.92 Å². The van der Waals surface area contributed by atoms with Crippen LogP contribution in [-0.4, -0.2) is 31.9 Å². The van der Waals surface area contributed by atoms with Crippen LogP contribution in [0.4, 0.5) is 0 Å². The molecule has 0 aliphatic heterocycles. The summed E-state index contributed by atoms with van der Waals surface area (Å²) in [7, 11) is 2.03. The van der Waals surface area contributed by atoms with E-state index in [1.165, 1.54) is 0 Å². The van der Waals surface area contributed by atoms with Crippen LogP contribution in [0.5, 0.6) is 0 Å². The van der Waals surface area contributed by atoms with Crippen molar-refractivity contribution in [2.24, 2.45) is 0 Å². The van der Waals surface area contributed by atoms with Gasteiger partial charge in [0.2, 0.25) is 11.8 Å². The molecular formula is C16H19N5O. The second kappa shape index (κ2) is 6.11. The minimum atomic E-state index is 0.0567. The number of hydrogen-bond acceptors (Lipinski definition) is 5. The normalized spacial score (nSPS) is 12.7. The standard InChI is InChI=1S/C16H19N5O/c1-12(16-19-18-13(2)22-16)20(3)10-14-9-17-21(11-14)15-7-5-4-6-8-15/h4-9,11-12H,10H2,1-3H3/t12-/m0/s1. The summed E-state index contributed by atoms with van der Waals surface area (Å²) in [6, 6.07) is 10.1. The Kier molecular flexibility index (Phi) is 4.02. The van der Waals surface area contributed by atoms with Crippen molar-refractivity contribution in [2.75, 3.05) is 7.05 Å². The minimum absolute atomic E-state index is 0.0567. The number of aromatic nitrogens is 4. The quantitative estimate of drug-likeness (QED) is 0.724. The molecule has 0 aliphatic rings. The summed E-state index contributed by atoms with van der Waals surface area (Å²) >= 11 is 0. The Morgan fingerprint density at radius 2 is 2.00 bits per heavy atom. The van der Waals surface area contributed by atoms with Crippen LogP contribution in [0.1, 0.15) is 30.3 Å². The van der Waals surface area contributed by atoms with Crippen LogP contribution >= 0.6 is 0 Å². The lowest BCUT2D eigenvalue weighted by molar-refractivity contribution is 0.215. The van der Waals surface area contributed by atoms with Crippen molar-refractivity contribution in [3.05, 3.63) is 60.1 Å². The summed E-state index contributed by atoms with van der Waals surface area (Å²) in [5.41, 5.74) is 2.19. The smallest absolute Gasteiger partial charge is 0.233 e. The van der Waals surface area contributed by atoms with Gasteiger partial charge in [0.15, 0.2) is 0 Å². The van der Waals surface area contributed by atoms with E-state index in [4.69, 9.17) is 4.42 Å². The topological polar surface area (TPSA) is 60.0 Å². The maximum Gasteiger partial charge on any atom is 0.233 e. The van der Waals surface area contributed by atoms with E-state index in [1.54, 1.807) is 6.92 Å². The fourth-order valence-corrected chi connectivity index (χ4v) is 2.26. The van der Waals surface area contributed by atoms with Crippen molar-refractivity contribution in [3.63, 3.8) is 0 Å². The summed E-state index contributed by atoms with van der Waals surface area (Å²) in [6.45, 7) is 4.61. The SMILES string of the molecule is Cc1nnc([C@H](C)N(C)Cc2cnn(-c3ccccc3)c2)o1. The van der Waals surface area contributed by atoms with E-state index in [0.29, 0.717) is 11.8 Å². The zero-order chi connectivity index (χ0) is 15.5. The van der Waals surface area contributed by atoms with Crippen molar-refractivity contribution >= 4 is 0 Å². The first-order chi connectivity index (χ1) is 10.6. The van der Waals surface area contributed by atoms with Crippen molar-refractivity contribution in [1.29, 1.82) is 0 Å². The fourth-order valence-electron chi connectivity index (χ4n) is 2.26. The van der Waals surface area contributed by atoms with E-state index in [1.807, 2.05) is 54.5 Å². The van der Waals surface area contributed by atoms with Gasteiger partial charge in [-0.2, -0.15) is 5.10 Å². The third kappa shape index (κ3) is 3.07. The Morgan fingerprint density at radius 3 is 2.68 bits per heavy atom. The third-order valence-electron chi connectivity index (χ3n) is 3.65. The summed E-state index contributed by atoms with van der Waals surface area (Å²) in [5, 5.41) is 12.4. The molecule has 2 heterocycles. The Hall–Kier alpha value is -2.47. The van der Waals surface area contributed by atoms with Gasteiger partial charge < -0.3 is 4.42 Å². The van der Waals surface area contributed by atoms with Crippen molar-refractivity contribution in [2.45, 2.75) is 26.4 Å². The molecule has 0 amide bonds. The third-order valence-corrected chi connectivity index (χ3v) is 3.65. The lowest BCUT2D eigenvalue weighted by Gasteiger charge is -2.20. The average Bonchev–Trinajstić information content (AvgIpc) is 3.16. The molecule has 0 bridgehead atoms. The Bertz CT molecular complexity index is 734. The number of hydrogen-bond donors (Lipinski definition) is 0. The van der Waals surface area contributed by atoms with Gasteiger partial charge in [-0.15, -0.1) is 10.2 Å². The number of para-hydroxylation sites is 1. The highest BCUT2D eigenvalue weighted by molar-refractivity contribution is 5.30. The van der Waals surface area contributed by atoms with Crippen LogP contribution < -0.4 is 0 Å². The van der Waals surface area contributed by atoms with Crippen LogP contribution in [0.25, 0.3) is 5.69 Å². The lowest BCUT2D eigenvalue weighted by atomic mass is 10.2. The van der Waals surface area contributed by atoms with E-state index >= 15 is 0 Å². The maximum absolute atomic E-state index is 5.49. The first-order valence-corrected chi connectivity index (χ1v) is 7.22. The van der Waals surface area contributed by atoms with Crippen LogP contribution in [0.2, 0.25) is 0 Å². The Morgan fingerprint density at radius 1 is 1.23 bits per heavy atom. The van der Waals surface area contributed by atoms with Gasteiger partial charge in [0, 0.05) is 25.2 Å². The number of nitrogens with zero attached hydrogens (tertiary/aromatic N) is 5. The molecule has 6 nitrogen and oxygen atoms in total. The van der Waals surface area contributed by atoms with Gasteiger partial charge in [-0.25, -0.2) is 4.68 Å². The molecule has 22 heavy (non-hydrogen) atoms. The van der Waals surface area contributed by atoms with Crippen LogP contribution in [-0.2, 0) is 6.54 Å². The molecule has 114 valence electrons. The highest BCUT2D eigenvalue weighted by atomic mass is 16.4. The highest BCUT2D eigenvalue weighted by Crippen LogP contribution is 2.19. The van der Waals surface area contributed by atoms with Crippen molar-refractivity contribution in [1.82, 2.24) is 24.9 Å². The zero-order valence-electron chi connectivity index (χ0n) is 13.0. The molecule has 2 aromatic heterocycles. The van der Waals surface area contributed by atoms with E-state index in [9.17, 15) is 0 Å². The van der Waals surface area contributed by atoms with E-state index in [0.717, 1.165) is 17.8 Å². The average molecular weight is 297 g/mol. The monoisotopic (exact) mass is 297 g/mol. The van der Waals surface area contributed by atoms with Crippen molar-refractivity contribution in [3.8, 4) is 5.69 Å². The first-order valence-electron chi connectivity index (χ1n) is 7.22. The van der Waals surface area contributed by atoms with E-state index in [2.05, 4.69) is 27.1 Å². The number of benzene rings is 1. The van der Waals surface area contributed by atoms with E-state index in [-0.39, 0.29) is 6.04 Å². The molecule has 0 N–H and O–H groups in total. The second-order valence-corrected chi connectivity index (χ2v) is 5.38. The summed E-state index contributed by atoms with van der Waals surface area (Å²) in [6.07, 6.45) is 3.92. The van der Waals surface area contributed by atoms with Gasteiger partial charge in [0.05, 0.1) is 17.9 Å². The Balaban J connectivity index is 1.69. The van der Waals surface area contributed by atoms with Gasteiger partial charge in [0.25, 0.3) is 0 Å². The minimum Gasteiger partial charge on any atom is -0.424 e. The van der Waals surface area contributed by atoms with Crippen LogP contribution in [0.15, 0.2) is 47.1 Å². The summed E-state index contributed by atoms with van der Waals surface area (Å²) in [5.74, 6) is 1.22. The molecular weight excluding hydrogens is 278 g/mol. The predicted molar refractivity (Wildman–Crippen MR) is 82.5 cm³/mol. The van der Waals surface area contributed by atoms with Gasteiger partial charge in [-0.1, -0.05) is 18.2 Å². The molecule has 6 heteroatoms. The highest BCUT2D eigenvalue weighted by Gasteiger charge is 2.18. The maximum atomic E-state index is 5.49. The van der Waals surface area contributed by atoms with E-state index < -0.39 is 0 Å². The molecule has 0 fully saturated rings. The Labute approximate surface area is 129 Å². The molecule has 0 saturated carbocycles. The first kappa shape index (κ1) is 14.5. The lowest BCUT2D eigenvalue weighted by Crippen LogP contribution is -2.22. The number of aryl methyl sites for hydroxylation is 1. The molecule has 1 aromatic carbocycles. The number of rotatable bonds is 5. The summed E-state index contributed by atoms with van der Waals surface area (Å²) < 4.78 is 7.37. The molecule has 0 unspecified atom stereocenters. The van der Waals surface area contributed by atoms with Crippen molar-refractivity contribution < 1.29 is 4.42 Å². The molecule has 0 saturated heterocycles. The zero-order valence-corrected chi connectivity index (χ0v) is 13.0. The van der Waals surface area contributed by atoms with Gasteiger partial charge in [0.1, 0.15) is 0 Å². The molecule has 3 aromatic rings. The predicted octanol–water partition coefficient (Wildman–Crippen LogP) is 2.76. The largest absolute Gasteiger partial charge is 0.424 e. The molecule has 0 radical (unpaired) electrons. The second-order valence-electron chi connectivity index (χ2n) is 5.38. The molecule has 3 rings (SSSR count). The van der Waals surface area contributed by atoms with Gasteiger partial charge >= 0.3 is 0 Å². The molecule has 1 atom stereocenters. The van der Waals surface area contributed by atoms with Gasteiger partial charge in [-0.3, -0.25) is 4.90 Å². The molecule has 0 spiro atoms. The fraction of sp³-hybridized carbons (Fsp3) is 0.312.